The van der Waals surface area contributed by atoms with E-state index in [1.165, 1.54) is 5.56 Å². The first-order valence-corrected chi connectivity index (χ1v) is 11.2. The van der Waals surface area contributed by atoms with Crippen LogP contribution >= 0.6 is 0 Å². The van der Waals surface area contributed by atoms with Gasteiger partial charge in [0.05, 0.1) is 12.5 Å². The quantitative estimate of drug-likeness (QED) is 0.352. The second-order valence-corrected chi connectivity index (χ2v) is 8.04. The summed E-state index contributed by atoms with van der Waals surface area (Å²) < 4.78 is 10.7. The van der Waals surface area contributed by atoms with Crippen molar-refractivity contribution in [2.45, 2.75) is 45.1 Å². The van der Waals surface area contributed by atoms with Crippen molar-refractivity contribution >= 4 is 17.8 Å². The van der Waals surface area contributed by atoms with Gasteiger partial charge in [-0.3, -0.25) is 14.6 Å². The number of hydrogen-bond acceptors (Lipinski definition) is 5. The third-order valence-corrected chi connectivity index (χ3v) is 5.49. The van der Waals surface area contributed by atoms with Crippen molar-refractivity contribution in [3.05, 3.63) is 29.8 Å². The number of guanidine groups is 1. The topological polar surface area (TPSA) is 92.3 Å². The molecule has 1 saturated carbocycles. The molecule has 2 aliphatic rings. The number of benzene rings is 1. The molecule has 170 valence electrons. The number of likely N-dealkylation sites (tertiary alicyclic amines) is 1. The number of rotatable bonds is 9. The molecule has 1 aromatic rings. The van der Waals surface area contributed by atoms with Crippen molar-refractivity contribution in [1.82, 2.24) is 15.5 Å². The van der Waals surface area contributed by atoms with Gasteiger partial charge in [0.15, 0.2) is 12.6 Å². The zero-order chi connectivity index (χ0) is 22.1. The highest BCUT2D eigenvalue weighted by atomic mass is 16.5. The number of nitrogens with zero attached hydrogens (tertiary/aromatic N) is 2. The van der Waals surface area contributed by atoms with Crippen LogP contribution in [0.4, 0.5) is 0 Å². The molecule has 1 unspecified atom stereocenters. The smallest absolute Gasteiger partial charge is 0.310 e. The van der Waals surface area contributed by atoms with Crippen LogP contribution < -0.4 is 15.4 Å². The summed E-state index contributed by atoms with van der Waals surface area (Å²) in [4.78, 5) is 30.3. The van der Waals surface area contributed by atoms with E-state index < -0.39 is 0 Å². The highest BCUT2D eigenvalue weighted by Crippen LogP contribution is 2.19. The number of carbonyl (C=O) groups is 2. The highest BCUT2D eigenvalue weighted by molar-refractivity contribution is 5.81. The van der Waals surface area contributed by atoms with Gasteiger partial charge in [0.25, 0.3) is 5.91 Å². The Hall–Kier alpha value is -2.77. The van der Waals surface area contributed by atoms with Crippen LogP contribution in [0.2, 0.25) is 0 Å². The first-order chi connectivity index (χ1) is 15.1. The van der Waals surface area contributed by atoms with E-state index in [0.29, 0.717) is 24.9 Å². The number of piperidine rings is 1. The Kier molecular flexibility index (Phi) is 8.55. The first kappa shape index (κ1) is 22.9. The second kappa shape index (κ2) is 11.6. The molecule has 1 atom stereocenters. The molecule has 2 N–H and O–H groups in total. The van der Waals surface area contributed by atoms with Gasteiger partial charge in [-0.05, 0) is 56.7 Å². The Bertz CT molecular complexity index is 761. The Morgan fingerprint density at radius 2 is 1.97 bits per heavy atom. The molecule has 0 radical (unpaired) electrons. The van der Waals surface area contributed by atoms with Crippen LogP contribution in [0.15, 0.2) is 29.3 Å². The number of aliphatic imine (C=N–C) groups is 1. The third-order valence-electron chi connectivity index (χ3n) is 5.49. The van der Waals surface area contributed by atoms with Crippen molar-refractivity contribution in [3.8, 4) is 5.75 Å². The van der Waals surface area contributed by atoms with Crippen molar-refractivity contribution in [2.75, 3.05) is 39.9 Å². The van der Waals surface area contributed by atoms with E-state index in [2.05, 4.69) is 20.5 Å². The SMILES string of the molecule is CCOC(=O)C1CCCN(C(=NC)NCCc2ccc(OCC(=O)NC3CC3)cc2)C1. The van der Waals surface area contributed by atoms with Crippen molar-refractivity contribution in [2.24, 2.45) is 10.9 Å². The molecule has 1 amide bonds. The molecule has 8 nitrogen and oxygen atoms in total. The van der Waals surface area contributed by atoms with Gasteiger partial charge in [-0.2, -0.15) is 0 Å². The first-order valence-electron chi connectivity index (χ1n) is 11.2. The van der Waals surface area contributed by atoms with Crippen molar-refractivity contribution < 1.29 is 19.1 Å². The lowest BCUT2D eigenvalue weighted by molar-refractivity contribution is -0.149. The van der Waals surface area contributed by atoms with Gasteiger partial charge in [-0.15, -0.1) is 0 Å². The van der Waals surface area contributed by atoms with Gasteiger partial charge < -0.3 is 25.0 Å². The van der Waals surface area contributed by atoms with E-state index >= 15 is 0 Å². The normalized spacial score (nSPS) is 19.0. The van der Waals surface area contributed by atoms with Crippen LogP contribution in [-0.4, -0.2) is 68.7 Å². The standard InChI is InChI=1S/C23H34N4O4/c1-3-30-22(29)18-5-4-14-27(15-18)23(24-2)25-13-12-17-6-10-20(11-7-17)31-16-21(28)26-19-8-9-19/h6-7,10-11,18-19H,3-5,8-9,12-16H2,1-2H3,(H,24,25)(H,26,28). The monoisotopic (exact) mass is 430 g/mol. The van der Waals surface area contributed by atoms with Crippen molar-refractivity contribution in [1.29, 1.82) is 0 Å². The molecule has 0 bridgehead atoms. The van der Waals surface area contributed by atoms with E-state index in [1.807, 2.05) is 31.2 Å². The van der Waals surface area contributed by atoms with Gasteiger partial charge in [-0.1, -0.05) is 12.1 Å². The summed E-state index contributed by atoms with van der Waals surface area (Å²) >= 11 is 0. The lowest BCUT2D eigenvalue weighted by Crippen LogP contribution is -2.48. The number of nitrogens with one attached hydrogen (secondary N) is 2. The summed E-state index contributed by atoms with van der Waals surface area (Å²) in [6.45, 7) is 4.56. The fraction of sp³-hybridized carbons (Fsp3) is 0.609. The zero-order valence-electron chi connectivity index (χ0n) is 18.6. The summed E-state index contributed by atoms with van der Waals surface area (Å²) in [6, 6.07) is 8.15. The molecule has 31 heavy (non-hydrogen) atoms. The van der Waals surface area contributed by atoms with Crippen LogP contribution in [0.1, 0.15) is 38.2 Å². The molecule has 0 spiro atoms. The lowest BCUT2D eigenvalue weighted by atomic mass is 9.98. The Balaban J connectivity index is 1.39. The molecule has 0 aromatic heterocycles. The van der Waals surface area contributed by atoms with Crippen LogP contribution in [0.25, 0.3) is 0 Å². The summed E-state index contributed by atoms with van der Waals surface area (Å²) in [6.07, 6.45) is 4.79. The average Bonchev–Trinajstić information content (AvgIpc) is 3.60. The summed E-state index contributed by atoms with van der Waals surface area (Å²) in [5.41, 5.74) is 1.17. The van der Waals surface area contributed by atoms with Gasteiger partial charge in [0, 0.05) is 32.7 Å². The fourth-order valence-corrected chi connectivity index (χ4v) is 3.67. The Morgan fingerprint density at radius 1 is 1.19 bits per heavy atom. The van der Waals surface area contributed by atoms with Gasteiger partial charge in [0.1, 0.15) is 5.75 Å². The molecule has 2 fully saturated rings. The van der Waals surface area contributed by atoms with Gasteiger partial charge >= 0.3 is 5.97 Å². The predicted octanol–water partition coefficient (Wildman–Crippen LogP) is 1.74. The highest BCUT2D eigenvalue weighted by Gasteiger charge is 2.28. The second-order valence-electron chi connectivity index (χ2n) is 8.04. The fourth-order valence-electron chi connectivity index (χ4n) is 3.67. The molecule has 1 aliphatic carbocycles. The number of hydrogen-bond donors (Lipinski definition) is 2. The maximum Gasteiger partial charge on any atom is 0.310 e. The average molecular weight is 431 g/mol. The van der Waals surface area contributed by atoms with Crippen molar-refractivity contribution in [3.63, 3.8) is 0 Å². The number of carbonyl (C=O) groups excluding carboxylic acids is 2. The molecule has 1 aliphatic heterocycles. The van der Waals surface area contributed by atoms with E-state index in [-0.39, 0.29) is 24.4 Å². The molecule has 8 heteroatoms. The summed E-state index contributed by atoms with van der Waals surface area (Å²) in [5.74, 6) is 1.23. The van der Waals surface area contributed by atoms with Gasteiger partial charge in [0.2, 0.25) is 0 Å². The predicted molar refractivity (Wildman–Crippen MR) is 119 cm³/mol. The maximum absolute atomic E-state index is 12.1. The zero-order valence-corrected chi connectivity index (χ0v) is 18.6. The van der Waals surface area contributed by atoms with Gasteiger partial charge in [-0.25, -0.2) is 0 Å². The molecular weight excluding hydrogens is 396 g/mol. The molecular formula is C23H34N4O4. The molecule has 1 saturated heterocycles. The third kappa shape index (κ3) is 7.45. The van der Waals surface area contributed by atoms with Crippen LogP contribution in [-0.2, 0) is 20.7 Å². The largest absolute Gasteiger partial charge is 0.484 e. The Labute approximate surface area is 184 Å². The minimum atomic E-state index is -0.116. The van der Waals surface area contributed by atoms with Crippen LogP contribution in [0.3, 0.4) is 0 Å². The summed E-state index contributed by atoms with van der Waals surface area (Å²) in [7, 11) is 1.77. The lowest BCUT2D eigenvalue weighted by Gasteiger charge is -2.34. The Morgan fingerprint density at radius 3 is 2.65 bits per heavy atom. The number of ether oxygens (including phenoxy) is 2. The van der Waals surface area contributed by atoms with E-state index in [0.717, 1.165) is 51.2 Å². The van der Waals surface area contributed by atoms with Crippen LogP contribution in [0.5, 0.6) is 5.75 Å². The minimum Gasteiger partial charge on any atom is -0.484 e. The molecule has 1 aromatic carbocycles. The van der Waals surface area contributed by atoms with E-state index in [9.17, 15) is 9.59 Å². The minimum absolute atomic E-state index is 0.0519. The number of amides is 1. The van der Waals surface area contributed by atoms with Crippen LogP contribution in [0, 0.1) is 5.92 Å². The maximum atomic E-state index is 12.1. The summed E-state index contributed by atoms with van der Waals surface area (Å²) in [5, 5.41) is 6.31. The number of esters is 1. The molecule has 1 heterocycles. The van der Waals surface area contributed by atoms with E-state index in [4.69, 9.17) is 9.47 Å². The molecule has 3 rings (SSSR count). The van der Waals surface area contributed by atoms with E-state index in [1.54, 1.807) is 7.05 Å².